The van der Waals surface area contributed by atoms with Crippen molar-refractivity contribution in [3.63, 3.8) is 0 Å². The Hall–Kier alpha value is -2.82. The highest BCUT2D eigenvalue weighted by Gasteiger charge is 2.16. The van der Waals surface area contributed by atoms with Crippen LogP contribution in [-0.2, 0) is 19.4 Å². The standard InChI is InChI=1S/C22H25N3O2/c1-27-20-15-25(14-16-8-3-2-4-9-16)22(24-21(20)26)23-19-13-7-11-17-10-5-6-12-18(17)19/h2-3,7-8,11,13,15H,4-6,9-10,12,14H2,1H3,(H,23,24,26). The molecule has 4 rings (SSSR count). The second kappa shape index (κ2) is 7.82. The molecule has 0 amide bonds. The van der Waals surface area contributed by atoms with Gasteiger partial charge in [-0.3, -0.25) is 4.79 Å². The summed E-state index contributed by atoms with van der Waals surface area (Å²) < 4.78 is 7.19. The van der Waals surface area contributed by atoms with Crippen LogP contribution < -0.4 is 15.6 Å². The molecule has 140 valence electrons. The summed E-state index contributed by atoms with van der Waals surface area (Å²) in [6.07, 6.45) is 14.8. The third-order valence-corrected chi connectivity index (χ3v) is 5.30. The van der Waals surface area contributed by atoms with Crippen LogP contribution in [0.15, 0.2) is 53.0 Å². The van der Waals surface area contributed by atoms with E-state index in [2.05, 4.69) is 46.7 Å². The Bertz CT molecular complexity index is 957. The number of nitrogens with zero attached hydrogens (tertiary/aromatic N) is 2. The fourth-order valence-corrected chi connectivity index (χ4v) is 3.86. The first-order chi connectivity index (χ1) is 13.2. The van der Waals surface area contributed by atoms with Crippen molar-refractivity contribution in [2.45, 2.75) is 45.1 Å². The highest BCUT2D eigenvalue weighted by molar-refractivity contribution is 5.61. The number of aryl methyl sites for hydroxylation is 1. The highest BCUT2D eigenvalue weighted by Crippen LogP contribution is 2.30. The van der Waals surface area contributed by atoms with Crippen molar-refractivity contribution in [3.8, 4) is 5.75 Å². The minimum Gasteiger partial charge on any atom is -0.490 e. The molecular formula is C22H25N3O2. The smallest absolute Gasteiger partial charge is 0.316 e. The van der Waals surface area contributed by atoms with Crippen molar-refractivity contribution in [2.75, 3.05) is 12.4 Å². The number of anilines is 2. The first kappa shape index (κ1) is 17.6. The summed E-state index contributed by atoms with van der Waals surface area (Å²) in [5.41, 5.74) is 4.76. The Kier molecular flexibility index (Phi) is 5.10. The van der Waals surface area contributed by atoms with Crippen molar-refractivity contribution < 1.29 is 4.74 Å². The van der Waals surface area contributed by atoms with E-state index in [0.29, 0.717) is 12.5 Å². The lowest BCUT2D eigenvalue weighted by Crippen LogP contribution is -2.19. The molecule has 2 aliphatic carbocycles. The second-order valence-corrected chi connectivity index (χ2v) is 7.13. The Morgan fingerprint density at radius 1 is 1.22 bits per heavy atom. The van der Waals surface area contributed by atoms with E-state index in [4.69, 9.17) is 4.74 Å². The highest BCUT2D eigenvalue weighted by atomic mass is 16.5. The van der Waals surface area contributed by atoms with Gasteiger partial charge < -0.3 is 14.6 Å². The summed E-state index contributed by atoms with van der Waals surface area (Å²) in [6.45, 7) is 0.686. The van der Waals surface area contributed by atoms with Gasteiger partial charge in [0.1, 0.15) is 0 Å². The molecule has 0 fully saturated rings. The lowest BCUT2D eigenvalue weighted by Gasteiger charge is -2.22. The first-order valence-corrected chi connectivity index (χ1v) is 9.62. The molecule has 2 aromatic rings. The van der Waals surface area contributed by atoms with Crippen molar-refractivity contribution in [1.29, 1.82) is 0 Å². The van der Waals surface area contributed by atoms with Crippen molar-refractivity contribution in [1.82, 2.24) is 9.55 Å². The van der Waals surface area contributed by atoms with E-state index in [9.17, 15) is 4.79 Å². The van der Waals surface area contributed by atoms with Gasteiger partial charge in [0.15, 0.2) is 0 Å². The summed E-state index contributed by atoms with van der Waals surface area (Å²) in [4.78, 5) is 16.6. The number of hydrogen-bond donors (Lipinski definition) is 1. The van der Waals surface area contributed by atoms with Gasteiger partial charge in [0, 0.05) is 12.2 Å². The van der Waals surface area contributed by atoms with Gasteiger partial charge in [-0.1, -0.05) is 35.9 Å². The van der Waals surface area contributed by atoms with Gasteiger partial charge in [-0.05, 0) is 55.7 Å². The Morgan fingerprint density at radius 3 is 2.93 bits per heavy atom. The summed E-state index contributed by atoms with van der Waals surface area (Å²) >= 11 is 0. The topological polar surface area (TPSA) is 56.1 Å². The van der Waals surface area contributed by atoms with E-state index < -0.39 is 0 Å². The number of allylic oxidation sites excluding steroid dienone is 4. The van der Waals surface area contributed by atoms with Gasteiger partial charge in [-0.25, -0.2) is 0 Å². The van der Waals surface area contributed by atoms with Crippen LogP contribution in [0.2, 0.25) is 0 Å². The quantitative estimate of drug-likeness (QED) is 0.867. The van der Waals surface area contributed by atoms with Gasteiger partial charge in [-0.15, -0.1) is 0 Å². The average Bonchev–Trinajstić information content (AvgIpc) is 2.71. The van der Waals surface area contributed by atoms with Crippen LogP contribution in [0.5, 0.6) is 5.75 Å². The number of nitrogens with one attached hydrogen (secondary N) is 1. The molecule has 0 saturated heterocycles. The van der Waals surface area contributed by atoms with Crippen LogP contribution >= 0.6 is 0 Å². The molecule has 1 aromatic heterocycles. The molecular weight excluding hydrogens is 338 g/mol. The molecule has 0 saturated carbocycles. The third kappa shape index (κ3) is 3.82. The van der Waals surface area contributed by atoms with Crippen LogP contribution in [0.1, 0.15) is 36.8 Å². The monoisotopic (exact) mass is 363 g/mol. The largest absolute Gasteiger partial charge is 0.490 e. The number of aromatic nitrogens is 2. The maximum Gasteiger partial charge on any atom is 0.316 e. The van der Waals surface area contributed by atoms with E-state index in [1.165, 1.54) is 36.7 Å². The van der Waals surface area contributed by atoms with E-state index in [-0.39, 0.29) is 11.3 Å². The fraction of sp³-hybridized carbons (Fsp3) is 0.364. The second-order valence-electron chi connectivity index (χ2n) is 7.13. The first-order valence-electron chi connectivity index (χ1n) is 9.62. The summed E-state index contributed by atoms with van der Waals surface area (Å²) in [5, 5.41) is 3.43. The molecule has 5 heteroatoms. The van der Waals surface area contributed by atoms with Gasteiger partial charge in [0.05, 0.1) is 13.3 Å². The third-order valence-electron chi connectivity index (χ3n) is 5.30. The number of methoxy groups -OCH3 is 1. The number of benzene rings is 1. The Morgan fingerprint density at radius 2 is 2.11 bits per heavy atom. The lowest BCUT2D eigenvalue weighted by atomic mass is 9.90. The van der Waals surface area contributed by atoms with Crippen molar-refractivity contribution >= 4 is 11.6 Å². The van der Waals surface area contributed by atoms with Crippen LogP contribution in [0, 0.1) is 0 Å². The van der Waals surface area contributed by atoms with Gasteiger partial charge in [-0.2, -0.15) is 4.98 Å². The number of ether oxygens (including phenoxy) is 1. The molecule has 0 bridgehead atoms. The Labute approximate surface area is 159 Å². The van der Waals surface area contributed by atoms with E-state index in [0.717, 1.165) is 31.4 Å². The lowest BCUT2D eigenvalue weighted by molar-refractivity contribution is 0.402. The zero-order valence-corrected chi connectivity index (χ0v) is 15.7. The zero-order valence-electron chi connectivity index (χ0n) is 15.7. The predicted octanol–water partition coefficient (Wildman–Crippen LogP) is 4.15. The predicted molar refractivity (Wildman–Crippen MR) is 108 cm³/mol. The molecule has 5 nitrogen and oxygen atoms in total. The number of fused-ring (bicyclic) bond motifs is 1. The van der Waals surface area contributed by atoms with Crippen LogP contribution in [0.3, 0.4) is 0 Å². The molecule has 1 N–H and O–H groups in total. The summed E-state index contributed by atoms with van der Waals surface area (Å²) in [7, 11) is 1.51. The van der Waals surface area contributed by atoms with Gasteiger partial charge in [0.2, 0.25) is 11.7 Å². The Balaban J connectivity index is 1.71. The van der Waals surface area contributed by atoms with E-state index in [1.54, 1.807) is 6.20 Å². The minimum absolute atomic E-state index is 0.266. The SMILES string of the molecule is COc1cn(CC2=CC=CCC2)c(Nc2cccc3c2CCCC3)nc1=O. The average molecular weight is 363 g/mol. The normalized spacial score (nSPS) is 15.8. The molecule has 1 aromatic carbocycles. The van der Waals surface area contributed by atoms with Crippen molar-refractivity contribution in [2.24, 2.45) is 0 Å². The summed E-state index contributed by atoms with van der Waals surface area (Å²) in [6, 6.07) is 6.35. The zero-order chi connectivity index (χ0) is 18.6. The minimum atomic E-state index is -0.349. The molecule has 1 heterocycles. The van der Waals surface area contributed by atoms with Gasteiger partial charge in [0.25, 0.3) is 0 Å². The van der Waals surface area contributed by atoms with Gasteiger partial charge >= 0.3 is 5.56 Å². The number of rotatable bonds is 5. The van der Waals surface area contributed by atoms with Crippen LogP contribution in [0.4, 0.5) is 11.6 Å². The van der Waals surface area contributed by atoms with Crippen LogP contribution in [0.25, 0.3) is 0 Å². The number of hydrogen-bond acceptors (Lipinski definition) is 4. The molecule has 0 unspecified atom stereocenters. The molecule has 0 radical (unpaired) electrons. The maximum atomic E-state index is 12.3. The molecule has 0 spiro atoms. The molecule has 0 aliphatic heterocycles. The maximum absolute atomic E-state index is 12.3. The van der Waals surface area contributed by atoms with Crippen LogP contribution in [-0.4, -0.2) is 16.7 Å². The van der Waals surface area contributed by atoms with E-state index >= 15 is 0 Å². The molecule has 0 atom stereocenters. The summed E-state index contributed by atoms with van der Waals surface area (Å²) in [5.74, 6) is 0.831. The van der Waals surface area contributed by atoms with E-state index in [1.807, 2.05) is 4.57 Å². The fourth-order valence-electron chi connectivity index (χ4n) is 3.86. The van der Waals surface area contributed by atoms with Crippen molar-refractivity contribution in [3.05, 3.63) is 69.7 Å². The molecule has 27 heavy (non-hydrogen) atoms. The molecule has 2 aliphatic rings.